The van der Waals surface area contributed by atoms with Gasteiger partial charge < -0.3 is 33.8 Å². The summed E-state index contributed by atoms with van der Waals surface area (Å²) in [5.41, 5.74) is 0. The molecule has 0 aromatic rings. The summed E-state index contributed by atoms with van der Waals surface area (Å²) in [6.45, 7) is 11.8. The maximum atomic E-state index is 13.0. The number of ether oxygens (including phenoxy) is 4. The topological polar surface area (TPSA) is 237 Å². The zero-order valence-corrected chi connectivity index (χ0v) is 60.4. The maximum Gasteiger partial charge on any atom is 0.472 e. The summed E-state index contributed by atoms with van der Waals surface area (Å²) in [4.78, 5) is 72.5. The summed E-state index contributed by atoms with van der Waals surface area (Å²) in [6, 6.07) is 0. The van der Waals surface area contributed by atoms with E-state index in [0.29, 0.717) is 25.7 Å². The monoisotopic (exact) mass is 1320 g/mol. The highest BCUT2D eigenvalue weighted by atomic mass is 31.2. The van der Waals surface area contributed by atoms with E-state index in [4.69, 9.17) is 37.0 Å². The number of hydrogen-bond donors (Lipinski definition) is 3. The third-order valence-electron chi connectivity index (χ3n) is 16.4. The molecular formula is C71H138O17P2. The molecule has 0 heterocycles. The first kappa shape index (κ1) is 88.1. The molecule has 0 bridgehead atoms. The lowest BCUT2D eigenvalue weighted by Crippen LogP contribution is -2.30. The van der Waals surface area contributed by atoms with Crippen molar-refractivity contribution in [3.8, 4) is 0 Å². The predicted octanol–water partition coefficient (Wildman–Crippen LogP) is 20.2. The van der Waals surface area contributed by atoms with Crippen LogP contribution in [0.3, 0.4) is 0 Å². The Labute approximate surface area is 549 Å². The highest BCUT2D eigenvalue weighted by Gasteiger charge is 2.30. The summed E-state index contributed by atoms with van der Waals surface area (Å²) in [7, 11) is -9.90. The summed E-state index contributed by atoms with van der Waals surface area (Å²) in [5.74, 6) is 0.126. The van der Waals surface area contributed by atoms with Crippen molar-refractivity contribution in [3.63, 3.8) is 0 Å². The highest BCUT2D eigenvalue weighted by Crippen LogP contribution is 2.45. The van der Waals surface area contributed by atoms with E-state index in [-0.39, 0.29) is 25.7 Å². The molecule has 90 heavy (non-hydrogen) atoms. The molecule has 17 nitrogen and oxygen atoms in total. The third kappa shape index (κ3) is 64.8. The fourth-order valence-electron chi connectivity index (χ4n) is 10.7. The smallest absolute Gasteiger partial charge is 0.462 e. The van der Waals surface area contributed by atoms with E-state index in [2.05, 4.69) is 48.5 Å². The Morgan fingerprint density at radius 3 is 0.756 bits per heavy atom. The van der Waals surface area contributed by atoms with Crippen LogP contribution in [0.1, 0.15) is 357 Å². The number of unbranched alkanes of at least 4 members (excludes halogenated alkanes) is 37. The number of phosphoric ester groups is 2. The fraction of sp³-hybridized carbons (Fsp3) is 0.944. The van der Waals surface area contributed by atoms with Gasteiger partial charge >= 0.3 is 39.5 Å². The van der Waals surface area contributed by atoms with Crippen LogP contribution >= 0.6 is 15.6 Å². The number of phosphoric acid groups is 2. The van der Waals surface area contributed by atoms with Crippen LogP contribution in [0.25, 0.3) is 0 Å². The van der Waals surface area contributed by atoms with Gasteiger partial charge in [0.2, 0.25) is 0 Å². The van der Waals surface area contributed by atoms with Crippen LogP contribution in [-0.2, 0) is 65.4 Å². The largest absolute Gasteiger partial charge is 0.472 e. The van der Waals surface area contributed by atoms with Gasteiger partial charge in [0, 0.05) is 25.7 Å². The van der Waals surface area contributed by atoms with Gasteiger partial charge in [-0.2, -0.15) is 0 Å². The van der Waals surface area contributed by atoms with Crippen LogP contribution in [0.15, 0.2) is 0 Å². The Bertz CT molecular complexity index is 1770. The lowest BCUT2D eigenvalue weighted by molar-refractivity contribution is -0.161. The first-order valence-electron chi connectivity index (χ1n) is 36.8. The highest BCUT2D eigenvalue weighted by molar-refractivity contribution is 7.47. The van der Waals surface area contributed by atoms with E-state index in [1.165, 1.54) is 167 Å². The minimum atomic E-state index is -4.95. The number of rotatable bonds is 69. The van der Waals surface area contributed by atoms with Crippen LogP contribution in [-0.4, -0.2) is 96.7 Å². The van der Waals surface area contributed by atoms with Gasteiger partial charge in [-0.05, 0) is 43.4 Å². The molecule has 0 fully saturated rings. The molecule has 0 amide bonds. The Hall–Kier alpha value is -1.94. The van der Waals surface area contributed by atoms with Crippen molar-refractivity contribution in [2.75, 3.05) is 39.6 Å². The first-order chi connectivity index (χ1) is 43.2. The number of hydrogen-bond acceptors (Lipinski definition) is 15. The van der Waals surface area contributed by atoms with Crippen LogP contribution in [0.2, 0.25) is 0 Å². The molecule has 5 atom stereocenters. The molecule has 534 valence electrons. The van der Waals surface area contributed by atoms with E-state index < -0.39 is 97.5 Å². The molecule has 0 saturated heterocycles. The van der Waals surface area contributed by atoms with Gasteiger partial charge in [0.05, 0.1) is 26.4 Å². The molecule has 0 aromatic heterocycles. The van der Waals surface area contributed by atoms with Crippen molar-refractivity contribution in [1.29, 1.82) is 0 Å². The van der Waals surface area contributed by atoms with Crippen LogP contribution in [0, 0.1) is 17.8 Å². The zero-order valence-electron chi connectivity index (χ0n) is 58.6. The van der Waals surface area contributed by atoms with Crippen LogP contribution in [0.4, 0.5) is 0 Å². The number of aliphatic hydroxyl groups is 1. The zero-order chi connectivity index (χ0) is 66.6. The Morgan fingerprint density at radius 1 is 0.300 bits per heavy atom. The Kier molecular flexibility index (Phi) is 60.6. The average molecular weight is 1330 g/mol. The molecule has 0 aliphatic heterocycles. The maximum absolute atomic E-state index is 13.0. The van der Waals surface area contributed by atoms with Gasteiger partial charge in [-0.1, -0.05) is 305 Å². The number of carbonyl (C=O) groups is 4. The standard InChI is InChI=1S/C71H138O17P2/c1-8-9-10-11-12-21-31-38-45-52-68(73)81-58-67(88-71(76)55-48-41-34-27-25-30-37-44-51-64(6)7)61-86-90(79,80)84-57-65(72)56-83-89(77,78)85-60-66(59-82-69(74)53-46-39-32-26-24-29-36-43-50-63(4)5)87-70(75)54-47-40-33-23-20-18-16-14-13-15-17-19-22-28-35-42-49-62(2)3/h62-67,72H,8-61H2,1-7H3,(H,77,78)(H,79,80)/t65-,66-,67-/m1/s1. The Morgan fingerprint density at radius 2 is 0.511 bits per heavy atom. The molecule has 2 unspecified atom stereocenters. The van der Waals surface area contributed by atoms with E-state index >= 15 is 0 Å². The molecule has 3 N–H and O–H groups in total. The van der Waals surface area contributed by atoms with Crippen molar-refractivity contribution in [1.82, 2.24) is 0 Å². The molecule has 0 radical (unpaired) electrons. The SMILES string of the molecule is CCCCCCCCCCCC(=O)OC[C@H](COP(=O)(O)OC[C@H](O)COP(=O)(O)OC[C@@H](COC(=O)CCCCCCCCCCC(C)C)OC(=O)CCCCCCCCCCCCCCCCCCC(C)C)OC(=O)CCCCCCCCCCC(C)C. The van der Waals surface area contributed by atoms with Crippen LogP contribution < -0.4 is 0 Å². The third-order valence-corrected chi connectivity index (χ3v) is 18.3. The van der Waals surface area contributed by atoms with Gasteiger partial charge in [0.25, 0.3) is 0 Å². The van der Waals surface area contributed by atoms with Crippen molar-refractivity contribution in [2.45, 2.75) is 375 Å². The molecule has 0 aliphatic carbocycles. The number of aliphatic hydroxyl groups excluding tert-OH is 1. The average Bonchev–Trinajstić information content (AvgIpc) is 3.03. The Balaban J connectivity index is 5.20. The van der Waals surface area contributed by atoms with Crippen molar-refractivity contribution in [2.24, 2.45) is 17.8 Å². The molecule has 19 heteroatoms. The van der Waals surface area contributed by atoms with Crippen LogP contribution in [0.5, 0.6) is 0 Å². The molecular weight excluding hydrogens is 1190 g/mol. The molecule has 0 aliphatic rings. The lowest BCUT2D eigenvalue weighted by atomic mass is 10.0. The van der Waals surface area contributed by atoms with Crippen molar-refractivity contribution < 1.29 is 80.2 Å². The van der Waals surface area contributed by atoms with E-state index in [1.54, 1.807) is 0 Å². The van der Waals surface area contributed by atoms with Crippen molar-refractivity contribution in [3.05, 3.63) is 0 Å². The molecule has 0 rings (SSSR count). The minimum Gasteiger partial charge on any atom is -0.462 e. The summed E-state index contributed by atoms with van der Waals surface area (Å²) in [6.07, 6.45) is 46.0. The van der Waals surface area contributed by atoms with Gasteiger partial charge in [-0.25, -0.2) is 9.13 Å². The molecule has 0 spiro atoms. The first-order valence-corrected chi connectivity index (χ1v) is 39.8. The summed E-state index contributed by atoms with van der Waals surface area (Å²) >= 11 is 0. The minimum absolute atomic E-state index is 0.104. The van der Waals surface area contributed by atoms with E-state index in [1.807, 2.05) is 0 Å². The second-order valence-corrected chi connectivity index (χ2v) is 30.0. The van der Waals surface area contributed by atoms with Crippen molar-refractivity contribution >= 4 is 39.5 Å². The van der Waals surface area contributed by atoms with Gasteiger partial charge in [-0.3, -0.25) is 37.3 Å². The normalized spacial score (nSPS) is 14.2. The van der Waals surface area contributed by atoms with Gasteiger partial charge in [-0.15, -0.1) is 0 Å². The fourth-order valence-corrected chi connectivity index (χ4v) is 12.3. The lowest BCUT2D eigenvalue weighted by Gasteiger charge is -2.21. The number of esters is 4. The van der Waals surface area contributed by atoms with Gasteiger partial charge in [0.15, 0.2) is 12.2 Å². The second kappa shape index (κ2) is 61.9. The summed E-state index contributed by atoms with van der Waals surface area (Å²) in [5, 5.41) is 10.6. The van der Waals surface area contributed by atoms with E-state index in [9.17, 15) is 43.2 Å². The van der Waals surface area contributed by atoms with E-state index in [0.717, 1.165) is 108 Å². The summed E-state index contributed by atoms with van der Waals surface area (Å²) < 4.78 is 68.2. The second-order valence-electron chi connectivity index (χ2n) is 27.1. The number of carbonyl (C=O) groups excluding carboxylic acids is 4. The molecule has 0 saturated carbocycles. The quantitative estimate of drug-likeness (QED) is 0.0222. The predicted molar refractivity (Wildman–Crippen MR) is 363 cm³/mol. The van der Waals surface area contributed by atoms with Gasteiger partial charge in [0.1, 0.15) is 19.3 Å². The molecule has 0 aromatic carbocycles.